The number of carbonyl (C=O) groups is 4. The Labute approximate surface area is 212 Å². The Balaban J connectivity index is 2.06. The number of rotatable bonds is 15. The molecular formula is C24H31N3O6S2. The number of aromatic hydroxyl groups is 1. The lowest BCUT2D eigenvalue weighted by molar-refractivity contribution is -0.138. The van der Waals surface area contributed by atoms with Gasteiger partial charge in [-0.1, -0.05) is 18.2 Å². The van der Waals surface area contributed by atoms with Crippen LogP contribution in [0.5, 0.6) is 5.75 Å². The third-order valence-electron chi connectivity index (χ3n) is 5.09. The zero-order valence-electron chi connectivity index (χ0n) is 19.5. The number of nitrogens with one attached hydrogen (secondary N) is 3. The quantitative estimate of drug-likeness (QED) is 0.241. The van der Waals surface area contributed by atoms with E-state index >= 15 is 0 Å². The second kappa shape index (κ2) is 15.0. The number of benzene rings is 1. The topological polar surface area (TPSA) is 145 Å². The number of carboxylic acids is 1. The molecule has 5 N–H and O–H groups in total. The van der Waals surface area contributed by atoms with Gasteiger partial charge in [0, 0.05) is 17.7 Å². The number of hydrogen-bond donors (Lipinski definition) is 5. The zero-order chi connectivity index (χ0) is 25.6. The number of phenolic OH excluding ortho intramolecular Hbond substituents is 1. The molecule has 3 amide bonds. The van der Waals surface area contributed by atoms with Crippen molar-refractivity contribution in [1.82, 2.24) is 16.0 Å². The molecule has 0 saturated heterocycles. The van der Waals surface area contributed by atoms with Crippen molar-refractivity contribution in [3.8, 4) is 5.75 Å². The Morgan fingerprint density at radius 3 is 2.40 bits per heavy atom. The lowest BCUT2D eigenvalue weighted by Gasteiger charge is -2.23. The van der Waals surface area contributed by atoms with E-state index in [-0.39, 0.29) is 24.5 Å². The fourth-order valence-electron chi connectivity index (χ4n) is 3.28. The number of thioether (sulfide) groups is 1. The van der Waals surface area contributed by atoms with Gasteiger partial charge in [-0.25, -0.2) is 0 Å². The van der Waals surface area contributed by atoms with Crippen molar-refractivity contribution in [2.45, 2.75) is 44.2 Å². The second-order valence-electron chi connectivity index (χ2n) is 7.88. The van der Waals surface area contributed by atoms with Crippen LogP contribution >= 0.6 is 23.1 Å². The Morgan fingerprint density at radius 1 is 1.03 bits per heavy atom. The van der Waals surface area contributed by atoms with Crippen LogP contribution in [-0.4, -0.2) is 64.5 Å². The molecule has 0 spiro atoms. The van der Waals surface area contributed by atoms with Crippen LogP contribution in [-0.2, 0) is 32.0 Å². The fraction of sp³-hybridized carbons (Fsp3) is 0.417. The van der Waals surface area contributed by atoms with Crippen LogP contribution < -0.4 is 16.0 Å². The molecule has 0 aliphatic heterocycles. The van der Waals surface area contributed by atoms with Crippen molar-refractivity contribution in [2.24, 2.45) is 0 Å². The molecule has 0 saturated carbocycles. The number of aliphatic carboxylic acids is 1. The number of phenols is 1. The standard InChI is InChI=1S/C24H31N3O6S2/c1-34-13-11-19(23(32)25-15-22(30)31)27-24(33)20(14-16-7-9-17(28)10-8-16)26-21(29)6-2-4-18-5-3-12-35-18/h3,5,7-10,12,19-20,28H,2,4,6,11,13-15H2,1H3,(H,25,32)(H,26,29)(H,27,33)(H,30,31). The van der Waals surface area contributed by atoms with Gasteiger partial charge in [-0.05, 0) is 60.4 Å². The summed E-state index contributed by atoms with van der Waals surface area (Å²) in [7, 11) is 0. The van der Waals surface area contributed by atoms with Crippen LogP contribution in [0.2, 0.25) is 0 Å². The van der Waals surface area contributed by atoms with Gasteiger partial charge in [0.15, 0.2) is 0 Å². The summed E-state index contributed by atoms with van der Waals surface area (Å²) in [6, 6.07) is 8.38. The first-order valence-corrected chi connectivity index (χ1v) is 13.4. The number of carboxylic acid groups (broad SMARTS) is 1. The van der Waals surface area contributed by atoms with Gasteiger partial charge in [-0.15, -0.1) is 11.3 Å². The number of thiophene rings is 1. The smallest absolute Gasteiger partial charge is 0.322 e. The summed E-state index contributed by atoms with van der Waals surface area (Å²) in [6.45, 7) is -0.553. The van der Waals surface area contributed by atoms with E-state index in [2.05, 4.69) is 16.0 Å². The molecule has 35 heavy (non-hydrogen) atoms. The Morgan fingerprint density at radius 2 is 1.77 bits per heavy atom. The minimum Gasteiger partial charge on any atom is -0.508 e. The number of amides is 3. The normalized spacial score (nSPS) is 12.4. The molecule has 190 valence electrons. The van der Waals surface area contributed by atoms with Crippen molar-refractivity contribution in [2.75, 3.05) is 18.6 Å². The molecule has 11 heteroatoms. The summed E-state index contributed by atoms with van der Waals surface area (Å²) in [6.07, 6.45) is 3.96. The van der Waals surface area contributed by atoms with Gasteiger partial charge >= 0.3 is 5.97 Å². The third kappa shape index (κ3) is 10.8. The van der Waals surface area contributed by atoms with E-state index < -0.39 is 36.4 Å². The summed E-state index contributed by atoms with van der Waals surface area (Å²) in [5.74, 6) is -1.95. The highest BCUT2D eigenvalue weighted by atomic mass is 32.2. The molecule has 2 rings (SSSR count). The highest BCUT2D eigenvalue weighted by Crippen LogP contribution is 2.14. The van der Waals surface area contributed by atoms with E-state index in [9.17, 15) is 24.3 Å². The van der Waals surface area contributed by atoms with E-state index in [1.807, 2.05) is 23.8 Å². The van der Waals surface area contributed by atoms with Crippen molar-refractivity contribution < 1.29 is 29.4 Å². The average Bonchev–Trinajstić information content (AvgIpc) is 3.34. The van der Waals surface area contributed by atoms with E-state index in [4.69, 9.17) is 5.11 Å². The van der Waals surface area contributed by atoms with E-state index in [1.54, 1.807) is 23.5 Å². The maximum absolute atomic E-state index is 13.2. The highest BCUT2D eigenvalue weighted by molar-refractivity contribution is 7.98. The molecule has 0 radical (unpaired) electrons. The molecular weight excluding hydrogens is 490 g/mol. The lowest BCUT2D eigenvalue weighted by Crippen LogP contribution is -2.55. The molecule has 2 unspecified atom stereocenters. The Kier molecular flexibility index (Phi) is 12.1. The first-order valence-electron chi connectivity index (χ1n) is 11.2. The predicted molar refractivity (Wildman–Crippen MR) is 137 cm³/mol. The van der Waals surface area contributed by atoms with Crippen molar-refractivity contribution in [3.63, 3.8) is 0 Å². The summed E-state index contributed by atoms with van der Waals surface area (Å²) in [4.78, 5) is 50.2. The van der Waals surface area contributed by atoms with Crippen LogP contribution in [0.3, 0.4) is 0 Å². The van der Waals surface area contributed by atoms with Crippen LogP contribution in [0.15, 0.2) is 41.8 Å². The van der Waals surface area contributed by atoms with Crippen molar-refractivity contribution in [1.29, 1.82) is 0 Å². The summed E-state index contributed by atoms with van der Waals surface area (Å²) in [5, 5.41) is 28.1. The Bertz CT molecular complexity index is 966. The minimum absolute atomic E-state index is 0.0830. The van der Waals surface area contributed by atoms with Gasteiger partial charge in [0.25, 0.3) is 0 Å². The van der Waals surface area contributed by atoms with Gasteiger partial charge in [0.2, 0.25) is 17.7 Å². The summed E-state index contributed by atoms with van der Waals surface area (Å²) < 4.78 is 0. The van der Waals surface area contributed by atoms with E-state index in [0.717, 1.165) is 12.0 Å². The molecule has 1 aromatic heterocycles. The third-order valence-corrected chi connectivity index (χ3v) is 6.67. The van der Waals surface area contributed by atoms with Crippen LogP contribution in [0.1, 0.15) is 29.7 Å². The fourth-order valence-corrected chi connectivity index (χ4v) is 4.51. The molecule has 0 fully saturated rings. The predicted octanol–water partition coefficient (Wildman–Crippen LogP) is 1.94. The van der Waals surface area contributed by atoms with Crippen LogP contribution in [0.25, 0.3) is 0 Å². The molecule has 0 aliphatic rings. The first-order chi connectivity index (χ1) is 16.8. The molecule has 0 bridgehead atoms. The second-order valence-corrected chi connectivity index (χ2v) is 9.90. The van der Waals surface area contributed by atoms with Gasteiger partial charge in [-0.2, -0.15) is 11.8 Å². The summed E-state index contributed by atoms with van der Waals surface area (Å²) >= 11 is 3.11. The van der Waals surface area contributed by atoms with Gasteiger partial charge in [0.05, 0.1) is 0 Å². The Hall–Kier alpha value is -3.05. The number of aryl methyl sites for hydroxylation is 1. The van der Waals surface area contributed by atoms with Crippen LogP contribution in [0, 0.1) is 0 Å². The summed E-state index contributed by atoms with van der Waals surface area (Å²) in [5.41, 5.74) is 0.720. The number of hydrogen-bond acceptors (Lipinski definition) is 7. The molecule has 9 nitrogen and oxygen atoms in total. The lowest BCUT2D eigenvalue weighted by atomic mass is 10.0. The highest BCUT2D eigenvalue weighted by Gasteiger charge is 2.27. The van der Waals surface area contributed by atoms with E-state index in [0.29, 0.717) is 18.6 Å². The average molecular weight is 522 g/mol. The molecule has 1 heterocycles. The molecule has 1 aromatic carbocycles. The van der Waals surface area contributed by atoms with Crippen molar-refractivity contribution in [3.05, 3.63) is 52.2 Å². The largest absolute Gasteiger partial charge is 0.508 e. The van der Waals surface area contributed by atoms with Crippen molar-refractivity contribution >= 4 is 46.8 Å². The maximum Gasteiger partial charge on any atom is 0.322 e. The minimum atomic E-state index is -1.19. The SMILES string of the molecule is CSCCC(NC(=O)C(Cc1ccc(O)cc1)NC(=O)CCCc1cccs1)C(=O)NCC(=O)O. The molecule has 0 aliphatic carbocycles. The van der Waals surface area contributed by atoms with Gasteiger partial charge < -0.3 is 26.2 Å². The zero-order valence-corrected chi connectivity index (χ0v) is 21.1. The first kappa shape index (κ1) is 28.2. The molecule has 2 aromatic rings. The van der Waals surface area contributed by atoms with E-state index in [1.165, 1.54) is 28.8 Å². The molecule has 2 atom stereocenters. The van der Waals surface area contributed by atoms with Gasteiger partial charge in [0.1, 0.15) is 24.4 Å². The monoisotopic (exact) mass is 521 g/mol. The maximum atomic E-state index is 13.2. The van der Waals surface area contributed by atoms with Crippen LogP contribution in [0.4, 0.5) is 0 Å². The van der Waals surface area contributed by atoms with Gasteiger partial charge in [-0.3, -0.25) is 19.2 Å². The number of carbonyl (C=O) groups excluding carboxylic acids is 3.